The van der Waals surface area contributed by atoms with Crippen LogP contribution in [0, 0.1) is 10.1 Å². The third-order valence-corrected chi connectivity index (χ3v) is 2.29. The van der Waals surface area contributed by atoms with Crippen molar-refractivity contribution < 1.29 is 19.6 Å². The summed E-state index contributed by atoms with van der Waals surface area (Å²) in [6, 6.07) is 7.85. The molecule has 0 aliphatic heterocycles. The number of nitro groups is 1. The molecule has 0 bridgehead atoms. The molecule has 2 rings (SSSR count). The van der Waals surface area contributed by atoms with Crippen LogP contribution in [0.5, 0.6) is 0 Å². The Morgan fingerprint density at radius 1 is 1.05 bits per heavy atom. The molecular formula is C13H11N3O5. The summed E-state index contributed by atoms with van der Waals surface area (Å²) in [5, 5.41) is 18.6. The number of aromatic carboxylic acids is 1. The van der Waals surface area contributed by atoms with E-state index in [4.69, 9.17) is 10.8 Å². The van der Waals surface area contributed by atoms with Gasteiger partial charge in [-0.3, -0.25) is 19.9 Å². The molecule has 0 aliphatic rings. The number of nitrogens with two attached hydrogens (primary N) is 1. The lowest BCUT2D eigenvalue weighted by atomic mass is 10.2. The van der Waals surface area contributed by atoms with Crippen LogP contribution in [0.15, 0.2) is 48.8 Å². The molecule has 108 valence electrons. The van der Waals surface area contributed by atoms with Gasteiger partial charge in [0.25, 0.3) is 5.69 Å². The number of carbonyl (C=O) groups is 2. The van der Waals surface area contributed by atoms with Crippen molar-refractivity contribution in [3.8, 4) is 0 Å². The molecular weight excluding hydrogens is 278 g/mol. The molecule has 0 saturated heterocycles. The van der Waals surface area contributed by atoms with Crippen LogP contribution in [0.1, 0.15) is 20.7 Å². The van der Waals surface area contributed by atoms with E-state index in [-0.39, 0.29) is 11.3 Å². The predicted molar refractivity (Wildman–Crippen MR) is 72.8 cm³/mol. The third-order valence-electron chi connectivity index (χ3n) is 2.29. The lowest BCUT2D eigenvalue weighted by Gasteiger charge is -1.92. The van der Waals surface area contributed by atoms with E-state index in [2.05, 4.69) is 4.98 Å². The van der Waals surface area contributed by atoms with Gasteiger partial charge in [0.05, 0.1) is 10.5 Å². The summed E-state index contributed by atoms with van der Waals surface area (Å²) in [6.07, 6.45) is 3.06. The van der Waals surface area contributed by atoms with E-state index in [0.29, 0.717) is 5.56 Å². The Morgan fingerprint density at radius 3 is 1.90 bits per heavy atom. The van der Waals surface area contributed by atoms with E-state index < -0.39 is 16.8 Å². The minimum Gasteiger partial charge on any atom is -0.478 e. The van der Waals surface area contributed by atoms with Gasteiger partial charge in [0.15, 0.2) is 0 Å². The van der Waals surface area contributed by atoms with Gasteiger partial charge in [0.2, 0.25) is 5.91 Å². The van der Waals surface area contributed by atoms with Crippen LogP contribution in [-0.2, 0) is 0 Å². The van der Waals surface area contributed by atoms with Crippen molar-refractivity contribution in [2.75, 3.05) is 0 Å². The van der Waals surface area contributed by atoms with Gasteiger partial charge in [-0.25, -0.2) is 4.79 Å². The maximum atomic E-state index is 10.4. The molecule has 1 aromatic carbocycles. The van der Waals surface area contributed by atoms with Gasteiger partial charge in [0.1, 0.15) is 0 Å². The van der Waals surface area contributed by atoms with Crippen LogP contribution in [0.3, 0.4) is 0 Å². The number of carbonyl (C=O) groups excluding carboxylic acids is 1. The first-order valence-corrected chi connectivity index (χ1v) is 5.59. The molecule has 2 aromatic rings. The Morgan fingerprint density at radius 2 is 1.57 bits per heavy atom. The highest BCUT2D eigenvalue weighted by atomic mass is 16.6. The number of carboxylic acids is 1. The Labute approximate surface area is 119 Å². The fourth-order valence-electron chi connectivity index (χ4n) is 1.24. The molecule has 0 saturated carbocycles. The first-order chi connectivity index (χ1) is 9.91. The average Bonchev–Trinajstić information content (AvgIpc) is 2.49. The maximum Gasteiger partial charge on any atom is 0.335 e. The molecule has 0 fully saturated rings. The second kappa shape index (κ2) is 7.34. The molecule has 0 unspecified atom stereocenters. The van der Waals surface area contributed by atoms with Gasteiger partial charge in [-0.1, -0.05) is 0 Å². The van der Waals surface area contributed by atoms with Crippen LogP contribution in [0.25, 0.3) is 0 Å². The minimum atomic E-state index is -1.09. The number of nitrogens with zero attached hydrogens (tertiary/aromatic N) is 2. The van der Waals surface area contributed by atoms with Gasteiger partial charge < -0.3 is 10.8 Å². The van der Waals surface area contributed by atoms with Gasteiger partial charge in [0, 0.05) is 30.1 Å². The number of pyridine rings is 1. The quantitative estimate of drug-likeness (QED) is 0.648. The number of nitro benzene ring substituents is 1. The maximum absolute atomic E-state index is 10.4. The van der Waals surface area contributed by atoms with Crippen molar-refractivity contribution in [2.45, 2.75) is 0 Å². The average molecular weight is 289 g/mol. The van der Waals surface area contributed by atoms with Gasteiger partial charge in [-0.15, -0.1) is 0 Å². The molecule has 21 heavy (non-hydrogen) atoms. The summed E-state index contributed by atoms with van der Waals surface area (Å²) < 4.78 is 0. The van der Waals surface area contributed by atoms with Crippen molar-refractivity contribution in [1.82, 2.24) is 4.98 Å². The first kappa shape index (κ1) is 15.8. The van der Waals surface area contributed by atoms with E-state index in [0.717, 1.165) is 12.1 Å². The summed E-state index contributed by atoms with van der Waals surface area (Å²) in [5.41, 5.74) is 5.37. The smallest absolute Gasteiger partial charge is 0.335 e. The number of non-ortho nitro benzene ring substituents is 1. The molecule has 3 N–H and O–H groups in total. The summed E-state index contributed by atoms with van der Waals surface area (Å²) in [6.45, 7) is 0. The van der Waals surface area contributed by atoms with Gasteiger partial charge in [-0.05, 0) is 24.3 Å². The van der Waals surface area contributed by atoms with Crippen LogP contribution >= 0.6 is 0 Å². The van der Waals surface area contributed by atoms with Crippen LogP contribution < -0.4 is 5.73 Å². The van der Waals surface area contributed by atoms with E-state index >= 15 is 0 Å². The number of primary amides is 1. The fourth-order valence-corrected chi connectivity index (χ4v) is 1.24. The Bertz CT molecular complexity index is 608. The molecule has 0 radical (unpaired) electrons. The van der Waals surface area contributed by atoms with Crippen molar-refractivity contribution in [1.29, 1.82) is 0 Å². The Kier molecular flexibility index (Phi) is 5.51. The van der Waals surface area contributed by atoms with Gasteiger partial charge >= 0.3 is 5.97 Å². The normalized spacial score (nSPS) is 9.14. The standard InChI is InChI=1S/C7H5NO4.C6H6N2O/c9-7(10)5-1-3-6(4-2-5)8(11)12;7-6(9)5-1-3-8-4-2-5/h1-4H,(H,9,10);1-4H,(H2,7,9). The molecule has 8 nitrogen and oxygen atoms in total. The second-order valence-corrected chi connectivity index (χ2v) is 3.71. The Balaban J connectivity index is 0.000000219. The molecule has 8 heteroatoms. The molecule has 0 aliphatic carbocycles. The zero-order valence-electron chi connectivity index (χ0n) is 10.7. The summed E-state index contributed by atoms with van der Waals surface area (Å²) >= 11 is 0. The lowest BCUT2D eigenvalue weighted by molar-refractivity contribution is -0.384. The van der Waals surface area contributed by atoms with Gasteiger partial charge in [-0.2, -0.15) is 0 Å². The summed E-state index contributed by atoms with van der Waals surface area (Å²) in [7, 11) is 0. The zero-order valence-corrected chi connectivity index (χ0v) is 10.7. The number of rotatable bonds is 3. The summed E-state index contributed by atoms with van der Waals surface area (Å²) in [5.74, 6) is -1.51. The lowest BCUT2D eigenvalue weighted by Crippen LogP contribution is -2.10. The molecule has 1 aromatic heterocycles. The number of carboxylic acid groups (broad SMARTS) is 1. The molecule has 1 heterocycles. The zero-order chi connectivity index (χ0) is 15.8. The molecule has 1 amide bonds. The topological polar surface area (TPSA) is 136 Å². The highest BCUT2D eigenvalue weighted by Crippen LogP contribution is 2.11. The molecule has 0 spiro atoms. The number of benzene rings is 1. The number of amides is 1. The van der Waals surface area contributed by atoms with E-state index in [1.807, 2.05) is 0 Å². The summed E-state index contributed by atoms with van der Waals surface area (Å²) in [4.78, 5) is 34.0. The minimum absolute atomic E-state index is 0.0422. The third kappa shape index (κ3) is 5.07. The van der Waals surface area contributed by atoms with E-state index in [1.165, 1.54) is 24.5 Å². The number of hydrogen-bond donors (Lipinski definition) is 2. The highest BCUT2D eigenvalue weighted by molar-refractivity contribution is 5.92. The van der Waals surface area contributed by atoms with Crippen LogP contribution in [0.4, 0.5) is 5.69 Å². The van der Waals surface area contributed by atoms with E-state index in [9.17, 15) is 19.7 Å². The monoisotopic (exact) mass is 289 g/mol. The second-order valence-electron chi connectivity index (χ2n) is 3.71. The van der Waals surface area contributed by atoms with Crippen molar-refractivity contribution in [2.24, 2.45) is 5.73 Å². The SMILES string of the molecule is NC(=O)c1ccncc1.O=C(O)c1ccc([N+](=O)[O-])cc1. The van der Waals surface area contributed by atoms with Crippen molar-refractivity contribution in [3.05, 3.63) is 70.0 Å². The van der Waals surface area contributed by atoms with Crippen LogP contribution in [0.2, 0.25) is 0 Å². The van der Waals surface area contributed by atoms with Crippen molar-refractivity contribution >= 4 is 17.6 Å². The largest absolute Gasteiger partial charge is 0.478 e. The Hall–Kier alpha value is -3.29. The highest BCUT2D eigenvalue weighted by Gasteiger charge is 2.06. The fraction of sp³-hybridized carbons (Fsp3) is 0. The van der Waals surface area contributed by atoms with Crippen LogP contribution in [-0.4, -0.2) is 26.9 Å². The van der Waals surface area contributed by atoms with E-state index in [1.54, 1.807) is 12.1 Å². The predicted octanol–water partition coefficient (Wildman–Crippen LogP) is 1.47. The number of hydrogen-bond acceptors (Lipinski definition) is 5. The molecule has 0 atom stereocenters. The van der Waals surface area contributed by atoms with Crippen molar-refractivity contribution in [3.63, 3.8) is 0 Å². The number of aromatic nitrogens is 1. The first-order valence-electron chi connectivity index (χ1n) is 5.59.